The van der Waals surface area contributed by atoms with Gasteiger partial charge in [-0.2, -0.15) is 0 Å². The van der Waals surface area contributed by atoms with Crippen LogP contribution in [0.15, 0.2) is 176 Å². The summed E-state index contributed by atoms with van der Waals surface area (Å²) in [5.74, 6) is 2.29. The molecule has 6 heterocycles. The Hall–Kier alpha value is -7.91. The average molecular weight is 720 g/mol. The Morgan fingerprint density at radius 2 is 0.911 bits per heavy atom. The molecule has 12 rings (SSSR count). The van der Waals surface area contributed by atoms with E-state index < -0.39 is 0 Å². The number of benzene rings is 6. The molecule has 56 heavy (non-hydrogen) atoms. The molecule has 6 aromatic carbocycles. The van der Waals surface area contributed by atoms with E-state index in [9.17, 15) is 0 Å². The number of rotatable bonds is 5. The third-order valence-corrected chi connectivity index (χ3v) is 10.7. The van der Waals surface area contributed by atoms with Crippen molar-refractivity contribution in [2.24, 2.45) is 0 Å². The molecule has 0 aliphatic carbocycles. The summed E-state index contributed by atoms with van der Waals surface area (Å²) >= 11 is 0. The summed E-state index contributed by atoms with van der Waals surface area (Å²) in [5.41, 5.74) is 14.7. The Labute approximate surface area is 319 Å². The van der Waals surface area contributed by atoms with E-state index in [2.05, 4.69) is 127 Å². The second kappa shape index (κ2) is 11.8. The van der Waals surface area contributed by atoms with E-state index in [1.807, 2.05) is 67.0 Å². The van der Waals surface area contributed by atoms with E-state index in [-0.39, 0.29) is 0 Å². The molecule has 0 bridgehead atoms. The summed E-state index contributed by atoms with van der Waals surface area (Å²) in [6.45, 7) is 0. The Kier molecular flexibility index (Phi) is 6.43. The lowest BCUT2D eigenvalue weighted by Crippen LogP contribution is -1.98. The molecular formula is C47H29N9. The topological polar surface area (TPSA) is 83.1 Å². The smallest absolute Gasteiger partial charge is 0.221 e. The summed E-state index contributed by atoms with van der Waals surface area (Å²) in [6, 6.07) is 56.4. The molecule has 0 radical (unpaired) electrons. The fraction of sp³-hybridized carbons (Fsp3) is 0. The second-order valence-electron chi connectivity index (χ2n) is 13.9. The van der Waals surface area contributed by atoms with Crippen LogP contribution in [0.2, 0.25) is 0 Å². The summed E-state index contributed by atoms with van der Waals surface area (Å²) in [7, 11) is 0. The van der Waals surface area contributed by atoms with E-state index in [4.69, 9.17) is 24.9 Å². The van der Waals surface area contributed by atoms with Gasteiger partial charge in [-0.1, -0.05) is 103 Å². The highest BCUT2D eigenvalue weighted by Crippen LogP contribution is 2.35. The zero-order valence-electron chi connectivity index (χ0n) is 29.8. The zero-order chi connectivity index (χ0) is 36.7. The van der Waals surface area contributed by atoms with Gasteiger partial charge in [0, 0.05) is 16.8 Å². The predicted molar refractivity (Wildman–Crippen MR) is 222 cm³/mol. The van der Waals surface area contributed by atoms with Gasteiger partial charge in [0.05, 0.1) is 62.4 Å². The maximum Gasteiger partial charge on any atom is 0.221 e. The van der Waals surface area contributed by atoms with E-state index in [0.717, 1.165) is 89.6 Å². The van der Waals surface area contributed by atoms with Gasteiger partial charge in [-0.15, -0.1) is 0 Å². The summed E-state index contributed by atoms with van der Waals surface area (Å²) in [6.07, 6.45) is 3.75. The third kappa shape index (κ3) is 4.51. The molecule has 0 aliphatic rings. The number of fused-ring (bicyclic) bond motifs is 10. The van der Waals surface area contributed by atoms with Crippen LogP contribution in [0.5, 0.6) is 0 Å². The Bertz CT molecular complexity index is 3210. The fourth-order valence-corrected chi connectivity index (χ4v) is 8.10. The first-order valence-corrected chi connectivity index (χ1v) is 18.5. The number of nitrogens with zero attached hydrogens (tertiary/aromatic N) is 9. The maximum absolute atomic E-state index is 5.40. The molecule has 0 unspecified atom stereocenters. The first-order valence-electron chi connectivity index (χ1n) is 18.5. The fourth-order valence-electron chi connectivity index (χ4n) is 8.10. The van der Waals surface area contributed by atoms with Gasteiger partial charge in [-0.3, -0.25) is 17.9 Å². The van der Waals surface area contributed by atoms with Crippen molar-refractivity contribution in [1.29, 1.82) is 0 Å². The van der Waals surface area contributed by atoms with E-state index in [1.54, 1.807) is 0 Å². The molecule has 12 aromatic rings. The van der Waals surface area contributed by atoms with Crippen molar-refractivity contribution in [2.75, 3.05) is 0 Å². The molecule has 9 heteroatoms. The van der Waals surface area contributed by atoms with Crippen LogP contribution >= 0.6 is 0 Å². The summed E-state index contributed by atoms with van der Waals surface area (Å²) < 4.78 is 8.73. The number of hydrogen-bond donors (Lipinski definition) is 0. The molecule has 0 atom stereocenters. The van der Waals surface area contributed by atoms with Gasteiger partial charge >= 0.3 is 0 Å². The SMILES string of the molecule is c1ccc(-c2ccc(-n3c4ccc(-c5ccc6c(c5)n5c7ccccc7nc5n6-c5cnc(-c6ccccc6)nc5)nc4n4c5ccccc5nc34)cc2)cc1. The first kappa shape index (κ1) is 30.5. The highest BCUT2D eigenvalue weighted by atomic mass is 15.2. The normalized spacial score (nSPS) is 11.9. The van der Waals surface area contributed by atoms with Crippen molar-refractivity contribution in [3.05, 3.63) is 176 Å². The Balaban J connectivity index is 1.04. The summed E-state index contributed by atoms with van der Waals surface area (Å²) in [4.78, 5) is 25.2. The first-order chi connectivity index (χ1) is 27.8. The molecule has 0 saturated heterocycles. The van der Waals surface area contributed by atoms with E-state index in [1.165, 1.54) is 5.56 Å². The monoisotopic (exact) mass is 719 g/mol. The predicted octanol–water partition coefficient (Wildman–Crippen LogP) is 10.4. The second-order valence-corrected chi connectivity index (χ2v) is 13.9. The minimum Gasteiger partial charge on any atom is -0.276 e. The molecule has 0 aliphatic heterocycles. The zero-order valence-corrected chi connectivity index (χ0v) is 29.8. The highest BCUT2D eigenvalue weighted by Gasteiger charge is 2.21. The third-order valence-electron chi connectivity index (χ3n) is 10.7. The van der Waals surface area contributed by atoms with Crippen molar-refractivity contribution in [1.82, 2.24) is 42.9 Å². The largest absolute Gasteiger partial charge is 0.276 e. The molecule has 9 nitrogen and oxygen atoms in total. The van der Waals surface area contributed by atoms with Gasteiger partial charge in [0.15, 0.2) is 11.5 Å². The minimum absolute atomic E-state index is 0.678. The molecule has 0 spiro atoms. The van der Waals surface area contributed by atoms with Crippen molar-refractivity contribution < 1.29 is 0 Å². The number of pyridine rings is 1. The van der Waals surface area contributed by atoms with Crippen molar-refractivity contribution >= 4 is 55.8 Å². The van der Waals surface area contributed by atoms with Gasteiger partial charge in [0.2, 0.25) is 11.6 Å². The van der Waals surface area contributed by atoms with Crippen molar-refractivity contribution in [3.63, 3.8) is 0 Å². The molecule has 6 aromatic heterocycles. The molecule has 0 saturated carbocycles. The lowest BCUT2D eigenvalue weighted by atomic mass is 10.1. The molecule has 0 N–H and O–H groups in total. The van der Waals surface area contributed by atoms with Gasteiger partial charge < -0.3 is 0 Å². The van der Waals surface area contributed by atoms with E-state index >= 15 is 0 Å². The highest BCUT2D eigenvalue weighted by molar-refractivity contribution is 5.95. The van der Waals surface area contributed by atoms with Gasteiger partial charge in [0.1, 0.15) is 0 Å². The van der Waals surface area contributed by atoms with Crippen LogP contribution in [0.3, 0.4) is 0 Å². The quantitative estimate of drug-likeness (QED) is 0.177. The van der Waals surface area contributed by atoms with E-state index in [0.29, 0.717) is 5.82 Å². The van der Waals surface area contributed by atoms with Crippen LogP contribution in [0.25, 0.3) is 101 Å². The van der Waals surface area contributed by atoms with Gasteiger partial charge in [-0.25, -0.2) is 24.9 Å². The minimum atomic E-state index is 0.678. The van der Waals surface area contributed by atoms with Crippen LogP contribution < -0.4 is 0 Å². The average Bonchev–Trinajstić information content (AvgIpc) is 4.00. The Morgan fingerprint density at radius 3 is 1.62 bits per heavy atom. The van der Waals surface area contributed by atoms with Crippen LogP contribution in [0.1, 0.15) is 0 Å². The summed E-state index contributed by atoms with van der Waals surface area (Å²) in [5, 5.41) is 0. The van der Waals surface area contributed by atoms with Gasteiger partial charge in [0.25, 0.3) is 0 Å². The molecule has 0 fully saturated rings. The van der Waals surface area contributed by atoms with Crippen molar-refractivity contribution in [2.45, 2.75) is 0 Å². The molecule has 262 valence electrons. The van der Waals surface area contributed by atoms with Crippen LogP contribution in [-0.4, -0.2) is 42.9 Å². The molecule has 0 amide bonds. The Morgan fingerprint density at radius 1 is 0.357 bits per heavy atom. The lowest BCUT2D eigenvalue weighted by Gasteiger charge is -2.08. The number of imidazole rings is 4. The number of hydrogen-bond acceptors (Lipinski definition) is 5. The maximum atomic E-state index is 5.40. The van der Waals surface area contributed by atoms with Crippen LogP contribution in [-0.2, 0) is 0 Å². The number of aromatic nitrogens is 9. The van der Waals surface area contributed by atoms with Crippen LogP contribution in [0, 0.1) is 0 Å². The van der Waals surface area contributed by atoms with Crippen LogP contribution in [0.4, 0.5) is 0 Å². The number of para-hydroxylation sites is 4. The molecular weight excluding hydrogens is 691 g/mol. The standard InChI is InChI=1S/C47H29N9/c1-3-11-30(12-4-1)31-19-22-34(23-20-31)53-42-26-24-36(50-45(42)56-40-18-10-8-16-38(40)52-47(53)56)33-21-25-41-43(27-33)55-39-17-9-7-15-37(39)51-46(55)54(41)35-28-48-44(49-29-35)32-13-5-2-6-14-32/h1-29H. The van der Waals surface area contributed by atoms with Crippen molar-refractivity contribution in [3.8, 4) is 45.1 Å². The lowest BCUT2D eigenvalue weighted by molar-refractivity contribution is 1.05. The van der Waals surface area contributed by atoms with Gasteiger partial charge in [-0.05, 0) is 71.8 Å².